The van der Waals surface area contributed by atoms with E-state index in [1.54, 1.807) is 11.1 Å². The summed E-state index contributed by atoms with van der Waals surface area (Å²) in [5, 5.41) is 0.967. The van der Waals surface area contributed by atoms with Gasteiger partial charge in [-0.3, -0.25) is 9.78 Å². The molecule has 4 nitrogen and oxygen atoms in total. The lowest BCUT2D eigenvalue weighted by molar-refractivity contribution is -0.117. The molecular weight excluding hydrogens is 294 g/mol. The predicted octanol–water partition coefficient (Wildman–Crippen LogP) is 2.06. The van der Waals surface area contributed by atoms with E-state index < -0.39 is 0 Å². The molecule has 1 aromatic heterocycles. The summed E-state index contributed by atoms with van der Waals surface area (Å²) in [6.07, 6.45) is 2.16. The third-order valence-corrected chi connectivity index (χ3v) is 3.78. The first-order valence-corrected chi connectivity index (χ1v) is 6.55. The van der Waals surface area contributed by atoms with E-state index in [4.69, 9.17) is 5.73 Å². The van der Waals surface area contributed by atoms with Gasteiger partial charge in [0.15, 0.2) is 0 Å². The lowest BCUT2D eigenvalue weighted by atomic mass is 10.1. The molecule has 1 aliphatic heterocycles. The Morgan fingerprint density at radius 1 is 1.39 bits per heavy atom. The Balaban J connectivity index is 2.18. The molecular formula is C13H12BrN3O. The van der Waals surface area contributed by atoms with E-state index in [0.29, 0.717) is 13.0 Å². The van der Waals surface area contributed by atoms with Gasteiger partial charge in [0.1, 0.15) is 0 Å². The number of halogens is 1. The van der Waals surface area contributed by atoms with E-state index in [-0.39, 0.29) is 11.9 Å². The number of carbonyl (C=O) groups excluding carboxylic acids is 1. The van der Waals surface area contributed by atoms with Crippen LogP contribution in [0.5, 0.6) is 0 Å². The van der Waals surface area contributed by atoms with Gasteiger partial charge in [0.2, 0.25) is 5.91 Å². The van der Waals surface area contributed by atoms with Crippen LogP contribution in [0, 0.1) is 0 Å². The Morgan fingerprint density at radius 3 is 2.94 bits per heavy atom. The lowest BCUT2D eigenvalue weighted by Crippen LogP contribution is -2.28. The van der Waals surface area contributed by atoms with E-state index in [1.807, 2.05) is 24.3 Å². The molecule has 1 saturated heterocycles. The van der Waals surface area contributed by atoms with E-state index >= 15 is 0 Å². The largest absolute Gasteiger partial charge is 0.326 e. The molecule has 0 aliphatic carbocycles. The van der Waals surface area contributed by atoms with Crippen LogP contribution in [0.3, 0.4) is 0 Å². The second-order valence-corrected chi connectivity index (χ2v) is 5.29. The number of hydrogen-bond acceptors (Lipinski definition) is 3. The Morgan fingerprint density at radius 2 is 2.22 bits per heavy atom. The highest BCUT2D eigenvalue weighted by atomic mass is 79.9. The Kier molecular flexibility index (Phi) is 2.80. The van der Waals surface area contributed by atoms with E-state index in [9.17, 15) is 4.79 Å². The van der Waals surface area contributed by atoms with Crippen molar-refractivity contribution in [3.8, 4) is 0 Å². The van der Waals surface area contributed by atoms with Gasteiger partial charge in [-0.25, -0.2) is 0 Å². The zero-order chi connectivity index (χ0) is 12.7. The number of pyridine rings is 1. The predicted molar refractivity (Wildman–Crippen MR) is 74.4 cm³/mol. The minimum atomic E-state index is -0.0760. The number of amides is 1. The molecule has 1 atom stereocenters. The summed E-state index contributed by atoms with van der Waals surface area (Å²) in [6, 6.07) is 7.62. The van der Waals surface area contributed by atoms with Crippen LogP contribution in [0.4, 0.5) is 5.69 Å². The average molecular weight is 306 g/mol. The summed E-state index contributed by atoms with van der Waals surface area (Å²) in [7, 11) is 0. The minimum Gasteiger partial charge on any atom is -0.326 e. The fourth-order valence-electron chi connectivity index (χ4n) is 2.33. The Labute approximate surface area is 113 Å². The molecule has 0 saturated carbocycles. The highest BCUT2D eigenvalue weighted by Gasteiger charge is 2.29. The molecule has 1 aliphatic rings. The molecule has 0 radical (unpaired) electrons. The maximum Gasteiger partial charge on any atom is 0.228 e. The third-order valence-electron chi connectivity index (χ3n) is 3.14. The third kappa shape index (κ3) is 1.79. The van der Waals surface area contributed by atoms with Crippen LogP contribution in [0.1, 0.15) is 6.42 Å². The van der Waals surface area contributed by atoms with Crippen molar-refractivity contribution in [2.45, 2.75) is 12.5 Å². The molecule has 3 rings (SSSR count). The maximum atomic E-state index is 11.9. The van der Waals surface area contributed by atoms with Gasteiger partial charge in [-0.1, -0.05) is 0 Å². The fourth-order valence-corrected chi connectivity index (χ4v) is 2.77. The van der Waals surface area contributed by atoms with Gasteiger partial charge in [0, 0.05) is 35.1 Å². The molecule has 1 fully saturated rings. The van der Waals surface area contributed by atoms with E-state index in [0.717, 1.165) is 21.1 Å². The first-order valence-electron chi connectivity index (χ1n) is 5.76. The van der Waals surface area contributed by atoms with Gasteiger partial charge >= 0.3 is 0 Å². The van der Waals surface area contributed by atoms with Gasteiger partial charge in [-0.2, -0.15) is 0 Å². The molecule has 1 unspecified atom stereocenters. The molecule has 2 N–H and O–H groups in total. The van der Waals surface area contributed by atoms with Crippen LogP contribution in [0.25, 0.3) is 10.9 Å². The second-order valence-electron chi connectivity index (χ2n) is 4.43. The van der Waals surface area contributed by atoms with Crippen LogP contribution in [0.2, 0.25) is 0 Å². The van der Waals surface area contributed by atoms with Crippen LogP contribution in [-0.4, -0.2) is 23.5 Å². The van der Waals surface area contributed by atoms with E-state index in [2.05, 4.69) is 20.9 Å². The first-order chi connectivity index (χ1) is 8.66. The summed E-state index contributed by atoms with van der Waals surface area (Å²) in [4.78, 5) is 18.0. The average Bonchev–Trinajstić information content (AvgIpc) is 2.69. The smallest absolute Gasteiger partial charge is 0.228 e. The monoisotopic (exact) mass is 305 g/mol. The number of rotatable bonds is 1. The summed E-state index contributed by atoms with van der Waals surface area (Å²) < 4.78 is 0.929. The highest BCUT2D eigenvalue weighted by molar-refractivity contribution is 9.10. The molecule has 1 aromatic carbocycles. The number of benzene rings is 1. The van der Waals surface area contributed by atoms with Gasteiger partial charge in [0.25, 0.3) is 0 Å². The molecule has 1 amide bonds. The van der Waals surface area contributed by atoms with E-state index in [1.165, 1.54) is 0 Å². The number of anilines is 1. The SMILES string of the molecule is NC1CC(=O)N(c2ccc(Br)c3ncccc23)C1. The first kappa shape index (κ1) is 11.6. The van der Waals surface area contributed by atoms with Crippen molar-refractivity contribution in [1.82, 2.24) is 4.98 Å². The number of nitrogens with two attached hydrogens (primary N) is 1. The second kappa shape index (κ2) is 4.33. The van der Waals surface area contributed by atoms with Crippen LogP contribution >= 0.6 is 15.9 Å². The quantitative estimate of drug-likeness (QED) is 0.877. The zero-order valence-corrected chi connectivity index (χ0v) is 11.2. The fraction of sp³-hybridized carbons (Fsp3) is 0.231. The molecule has 92 valence electrons. The molecule has 2 aromatic rings. The van der Waals surface area contributed by atoms with Crippen molar-refractivity contribution in [2.75, 3.05) is 11.4 Å². The zero-order valence-electron chi connectivity index (χ0n) is 9.64. The van der Waals surface area contributed by atoms with Gasteiger partial charge in [0.05, 0.1) is 11.2 Å². The van der Waals surface area contributed by atoms with Crippen LogP contribution in [-0.2, 0) is 4.79 Å². The topological polar surface area (TPSA) is 59.2 Å². The van der Waals surface area contributed by atoms with Gasteiger partial charge < -0.3 is 10.6 Å². The summed E-state index contributed by atoms with van der Waals surface area (Å²) >= 11 is 3.48. The highest BCUT2D eigenvalue weighted by Crippen LogP contribution is 2.32. The van der Waals surface area contributed by atoms with Crippen molar-refractivity contribution in [3.63, 3.8) is 0 Å². The van der Waals surface area contributed by atoms with Crippen molar-refractivity contribution >= 4 is 38.4 Å². The summed E-state index contributed by atoms with van der Waals surface area (Å²) in [5.41, 5.74) is 7.59. The van der Waals surface area contributed by atoms with Gasteiger partial charge in [-0.15, -0.1) is 0 Å². The molecule has 0 bridgehead atoms. The molecule has 2 heterocycles. The lowest BCUT2D eigenvalue weighted by Gasteiger charge is -2.18. The standard InChI is InChI=1S/C13H12BrN3O/c14-10-3-4-11(9-2-1-5-16-13(9)10)17-7-8(15)6-12(17)18/h1-5,8H,6-7,15H2. The summed E-state index contributed by atoms with van der Waals surface area (Å²) in [5.74, 6) is 0.0787. The molecule has 5 heteroatoms. The van der Waals surface area contributed by atoms with Crippen LogP contribution < -0.4 is 10.6 Å². The van der Waals surface area contributed by atoms with Crippen LogP contribution in [0.15, 0.2) is 34.9 Å². The van der Waals surface area contributed by atoms with Gasteiger partial charge in [-0.05, 0) is 40.2 Å². The number of nitrogens with zero attached hydrogens (tertiary/aromatic N) is 2. The normalized spacial score (nSPS) is 19.8. The van der Waals surface area contributed by atoms with Crippen molar-refractivity contribution in [1.29, 1.82) is 0 Å². The molecule has 18 heavy (non-hydrogen) atoms. The van der Waals surface area contributed by atoms with Crippen molar-refractivity contribution < 1.29 is 4.79 Å². The number of hydrogen-bond donors (Lipinski definition) is 1. The van der Waals surface area contributed by atoms with Crippen molar-refractivity contribution in [2.24, 2.45) is 5.73 Å². The molecule has 0 spiro atoms. The number of carbonyl (C=O) groups is 1. The van der Waals surface area contributed by atoms with Crippen molar-refractivity contribution in [3.05, 3.63) is 34.9 Å². The minimum absolute atomic E-state index is 0.0760. The maximum absolute atomic E-state index is 11.9. The Hall–Kier alpha value is -1.46. The number of fused-ring (bicyclic) bond motifs is 1. The summed E-state index contributed by atoms with van der Waals surface area (Å²) in [6.45, 7) is 0.574. The number of aromatic nitrogens is 1. The Bertz CT molecular complexity index is 629.